The number of hydrogen-bond acceptors (Lipinski definition) is 1. The predicted octanol–water partition coefficient (Wildman–Crippen LogP) is 9.04. The minimum atomic E-state index is -2.11. The van der Waals surface area contributed by atoms with Gasteiger partial charge in [-0.05, 0) is 0 Å². The molecule has 0 aliphatic heterocycles. The number of halogens is 1. The Labute approximate surface area is 237 Å². The van der Waals surface area contributed by atoms with Crippen LogP contribution in [0, 0.1) is 12.7 Å². The van der Waals surface area contributed by atoms with Gasteiger partial charge in [-0.15, -0.1) is 0 Å². The fraction of sp³-hybridized carbons (Fsp3) is 0.139. The molecule has 196 valence electrons. The van der Waals surface area contributed by atoms with Crippen LogP contribution < -0.4 is 8.96 Å². The van der Waals surface area contributed by atoms with Crippen LogP contribution in [0.5, 0.6) is 0 Å². The molecule has 0 N–H and O–H groups in total. The van der Waals surface area contributed by atoms with E-state index in [-0.39, 0.29) is 0 Å². The number of aromatic nitrogens is 1. The first-order chi connectivity index (χ1) is 19.6. The summed E-state index contributed by atoms with van der Waals surface area (Å²) in [4.78, 5) is 0. The average molecular weight is 586 g/mol. The summed E-state index contributed by atoms with van der Waals surface area (Å²) in [5.74, 6) is 6.80. The summed E-state index contributed by atoms with van der Waals surface area (Å²) >= 11 is -2.11. The van der Waals surface area contributed by atoms with Crippen LogP contribution >= 0.6 is 0 Å². The topological polar surface area (TPSA) is 17.0 Å². The number of nitrogens with zero attached hydrogens (tertiary/aromatic N) is 1. The summed E-state index contributed by atoms with van der Waals surface area (Å²) in [6, 6.07) is 28.2. The van der Waals surface area contributed by atoms with Gasteiger partial charge in [0.2, 0.25) is 0 Å². The Morgan fingerprint density at radius 2 is 1.40 bits per heavy atom. The Morgan fingerprint density at radius 3 is 2.15 bits per heavy atom. The van der Waals surface area contributed by atoms with Crippen LogP contribution in [-0.4, -0.2) is 13.3 Å². The molecule has 4 heteroatoms. The molecule has 0 atom stereocenters. The van der Waals surface area contributed by atoms with Crippen LogP contribution in [0.3, 0.4) is 0 Å². The zero-order valence-corrected chi connectivity index (χ0v) is 25.5. The van der Waals surface area contributed by atoms with Crippen molar-refractivity contribution in [1.29, 1.82) is 0 Å². The Kier molecular flexibility index (Phi) is 5.40. The van der Waals surface area contributed by atoms with Gasteiger partial charge < -0.3 is 0 Å². The number of benzene rings is 5. The van der Waals surface area contributed by atoms with Crippen molar-refractivity contribution in [3.05, 3.63) is 109 Å². The van der Waals surface area contributed by atoms with Crippen LogP contribution in [0.15, 0.2) is 102 Å². The number of aryl methyl sites for hydroxylation is 2. The van der Waals surface area contributed by atoms with E-state index in [0.29, 0.717) is 22.8 Å². The second kappa shape index (κ2) is 9.04. The maximum absolute atomic E-state index is 16.1. The molecule has 2 nitrogen and oxygen atoms in total. The van der Waals surface area contributed by atoms with Gasteiger partial charge in [0.1, 0.15) is 0 Å². The molecule has 0 saturated heterocycles. The molecule has 2 heterocycles. The Morgan fingerprint density at radius 1 is 0.750 bits per heavy atom. The van der Waals surface area contributed by atoms with Gasteiger partial charge >= 0.3 is 214 Å². The third-order valence-corrected chi connectivity index (χ3v) is 12.4. The summed E-state index contributed by atoms with van der Waals surface area (Å²) in [6.45, 7) is 2.10. The van der Waals surface area contributed by atoms with Crippen molar-refractivity contribution in [3.63, 3.8) is 0 Å². The summed E-state index contributed by atoms with van der Waals surface area (Å²) in [5, 5.41) is 5.41. The van der Waals surface area contributed by atoms with Gasteiger partial charge in [0.05, 0.1) is 0 Å². The predicted molar refractivity (Wildman–Crippen MR) is 168 cm³/mol. The van der Waals surface area contributed by atoms with E-state index < -0.39 is 19.1 Å². The van der Waals surface area contributed by atoms with Gasteiger partial charge in [0.25, 0.3) is 0 Å². The number of pyridine rings is 1. The van der Waals surface area contributed by atoms with Crippen LogP contribution in [-0.2, 0) is 7.05 Å². The molecular formula is C36H31FGeNO+. The summed E-state index contributed by atoms with van der Waals surface area (Å²) in [7, 11) is 2.06. The Bertz CT molecular complexity index is 2190. The van der Waals surface area contributed by atoms with Gasteiger partial charge in [-0.3, -0.25) is 0 Å². The van der Waals surface area contributed by atoms with Gasteiger partial charge in [-0.2, -0.15) is 0 Å². The molecule has 0 aliphatic carbocycles. The van der Waals surface area contributed by atoms with E-state index in [1.54, 1.807) is 0 Å². The Hall–Kier alpha value is -3.96. The molecule has 0 spiro atoms. The maximum atomic E-state index is 16.1. The SMILES string of the molecule is [2H]c1c(-c2c(F)ccc3c2oc2c(-c4c[c]([Ge]([CH3])([CH3])[CH3])cc[n+]4C)c(C)ccc23)c2ccccc2c2ccccc12. The zero-order valence-electron chi connectivity index (χ0n) is 24.4. The number of rotatable bonds is 3. The van der Waals surface area contributed by atoms with E-state index in [9.17, 15) is 1.37 Å². The molecule has 0 unspecified atom stereocenters. The van der Waals surface area contributed by atoms with E-state index >= 15 is 4.39 Å². The standard InChI is InChI=1S/C36H31FGeNO/c1-22-14-15-28-29-16-17-31(37)34(30-20-23-10-6-7-11-25(23)26-12-8-9-13-27(26)30)36(29)40-35(28)33(22)32-21-24(38(2,3)4)18-19-39(32)5/h6-21H,1-5H3/q+1/i20D. The van der Waals surface area contributed by atoms with Crippen molar-refractivity contribution in [3.8, 4) is 22.4 Å². The zero-order chi connectivity index (χ0) is 28.6. The quantitative estimate of drug-likeness (QED) is 0.115. The van der Waals surface area contributed by atoms with Gasteiger partial charge in [-0.1, -0.05) is 24.3 Å². The first kappa shape index (κ1) is 23.9. The fourth-order valence-electron chi connectivity index (χ4n) is 5.98. The average Bonchev–Trinajstić information content (AvgIpc) is 3.32. The van der Waals surface area contributed by atoms with Crippen molar-refractivity contribution in [1.82, 2.24) is 0 Å². The van der Waals surface area contributed by atoms with Crippen molar-refractivity contribution in [2.45, 2.75) is 24.2 Å². The summed E-state index contributed by atoms with van der Waals surface area (Å²) in [5.41, 5.74) is 5.35. The molecule has 5 aromatic carbocycles. The van der Waals surface area contributed by atoms with Crippen molar-refractivity contribution < 1.29 is 14.7 Å². The molecule has 7 aromatic rings. The molecule has 0 radical (unpaired) electrons. The van der Waals surface area contributed by atoms with Gasteiger partial charge in [-0.25, -0.2) is 0 Å². The second-order valence-electron chi connectivity index (χ2n) is 11.8. The first-order valence-electron chi connectivity index (χ1n) is 14.2. The Balaban J connectivity index is 1.61. The van der Waals surface area contributed by atoms with Crippen molar-refractivity contribution in [2.24, 2.45) is 7.05 Å². The van der Waals surface area contributed by atoms with E-state index in [1.807, 2.05) is 54.6 Å². The second-order valence-corrected chi connectivity index (χ2v) is 22.4. The minimum absolute atomic E-state index is 0.304. The normalized spacial score (nSPS) is 12.6. The molecule has 0 saturated carbocycles. The molecule has 40 heavy (non-hydrogen) atoms. The molecule has 7 rings (SSSR count). The third-order valence-electron chi connectivity index (χ3n) is 8.16. The van der Waals surface area contributed by atoms with E-state index in [2.05, 4.69) is 66.3 Å². The monoisotopic (exact) mass is 587 g/mol. The summed E-state index contributed by atoms with van der Waals surface area (Å²) in [6.07, 6.45) is 2.14. The van der Waals surface area contributed by atoms with Crippen molar-refractivity contribution in [2.75, 3.05) is 0 Å². The third kappa shape index (κ3) is 3.79. The number of furan rings is 1. The summed E-state index contributed by atoms with van der Waals surface area (Å²) < 4.78 is 35.7. The van der Waals surface area contributed by atoms with Crippen LogP contribution in [0.4, 0.5) is 4.39 Å². The van der Waals surface area contributed by atoms with Gasteiger partial charge in [0.15, 0.2) is 0 Å². The van der Waals surface area contributed by atoms with Crippen LogP contribution in [0.2, 0.25) is 17.3 Å². The van der Waals surface area contributed by atoms with Crippen molar-refractivity contribution >= 4 is 61.1 Å². The molecule has 0 aliphatic rings. The number of fused-ring (bicyclic) bond motifs is 6. The fourth-order valence-corrected chi connectivity index (χ4v) is 8.38. The van der Waals surface area contributed by atoms with Crippen LogP contribution in [0.1, 0.15) is 6.93 Å². The molecule has 0 fully saturated rings. The molecule has 0 amide bonds. The first-order valence-corrected chi connectivity index (χ1v) is 21.0. The van der Waals surface area contributed by atoms with E-state index in [4.69, 9.17) is 4.42 Å². The van der Waals surface area contributed by atoms with Crippen LogP contribution in [0.25, 0.3) is 65.9 Å². The molecule has 2 aromatic heterocycles. The molecule has 0 bridgehead atoms. The van der Waals surface area contributed by atoms with E-state index in [0.717, 1.165) is 54.7 Å². The molecular weight excluding hydrogens is 554 g/mol. The van der Waals surface area contributed by atoms with E-state index in [1.165, 1.54) is 10.5 Å². The number of hydrogen-bond donors (Lipinski definition) is 0. The van der Waals surface area contributed by atoms with Gasteiger partial charge in [0, 0.05) is 0 Å².